The monoisotopic (exact) mass is 711 g/mol. The molecule has 3 aliphatic rings. The Bertz CT molecular complexity index is 1580. The molecule has 1 aromatic carbocycles. The molecular formula is C39H53NO11. The third-order valence-corrected chi connectivity index (χ3v) is 11.2. The second-order valence-corrected chi connectivity index (χ2v) is 15.2. The quantitative estimate of drug-likeness (QED) is 0.213. The van der Waals surface area contributed by atoms with Crippen LogP contribution in [0.5, 0.6) is 0 Å². The zero-order valence-corrected chi connectivity index (χ0v) is 31.4. The standard InChI is InChI=1S/C39H53NO11/c1-21-29(51-31(45)19-28(40(10)11)27-15-13-12-14-16-27)17-18-38(9)33(21)35(49-25(5)43)39(46)20-30(47-23(3)41)22(2)32(37(39,7)8)34(48-24(4)42)36(38)50-26(6)44/h12-16,28-30,33-36,46H,1,17-20H2,2-11H3/t28?,29-,30-,33-,34+,35-,36-,38+,39+/m0/s1. The van der Waals surface area contributed by atoms with E-state index in [1.807, 2.05) is 56.3 Å². The molecule has 0 heterocycles. The van der Waals surface area contributed by atoms with E-state index in [-0.39, 0.29) is 31.7 Å². The van der Waals surface area contributed by atoms with Crippen molar-refractivity contribution in [1.29, 1.82) is 0 Å². The largest absolute Gasteiger partial charge is 0.459 e. The van der Waals surface area contributed by atoms with Gasteiger partial charge in [-0.1, -0.05) is 57.7 Å². The van der Waals surface area contributed by atoms with Crippen LogP contribution >= 0.6 is 0 Å². The van der Waals surface area contributed by atoms with Gasteiger partial charge in [0.1, 0.15) is 30.0 Å². The molecule has 0 aliphatic heterocycles. The number of fused-ring (bicyclic) bond motifs is 3. The molecule has 280 valence electrons. The summed E-state index contributed by atoms with van der Waals surface area (Å²) in [7, 11) is 3.76. The summed E-state index contributed by atoms with van der Waals surface area (Å²) >= 11 is 0. The van der Waals surface area contributed by atoms with Crippen LogP contribution in [0.2, 0.25) is 0 Å². The van der Waals surface area contributed by atoms with E-state index in [1.165, 1.54) is 27.7 Å². The topological polar surface area (TPSA) is 155 Å². The van der Waals surface area contributed by atoms with Crippen LogP contribution in [-0.2, 0) is 47.7 Å². The molecule has 12 nitrogen and oxygen atoms in total. The van der Waals surface area contributed by atoms with E-state index in [1.54, 1.807) is 20.8 Å². The Morgan fingerprint density at radius 1 is 0.843 bits per heavy atom. The highest BCUT2D eigenvalue weighted by Crippen LogP contribution is 2.62. The molecule has 3 aliphatic carbocycles. The second kappa shape index (κ2) is 14.9. The van der Waals surface area contributed by atoms with Crippen LogP contribution in [0, 0.1) is 16.7 Å². The summed E-state index contributed by atoms with van der Waals surface area (Å²) < 4.78 is 30.1. The fourth-order valence-corrected chi connectivity index (χ4v) is 8.80. The number of ether oxygens (including phenoxy) is 5. The van der Waals surface area contributed by atoms with Gasteiger partial charge in [0.2, 0.25) is 0 Å². The minimum Gasteiger partial charge on any atom is -0.459 e. The van der Waals surface area contributed by atoms with E-state index in [0.717, 1.165) is 5.56 Å². The van der Waals surface area contributed by atoms with E-state index in [9.17, 15) is 29.1 Å². The van der Waals surface area contributed by atoms with E-state index >= 15 is 0 Å². The van der Waals surface area contributed by atoms with Gasteiger partial charge in [-0.15, -0.1) is 0 Å². The fourth-order valence-electron chi connectivity index (χ4n) is 8.80. The van der Waals surface area contributed by atoms with Gasteiger partial charge in [-0.05, 0) is 56.1 Å². The van der Waals surface area contributed by atoms with Crippen molar-refractivity contribution in [3.05, 3.63) is 59.2 Å². The number of carbonyl (C=O) groups is 5. The smallest absolute Gasteiger partial charge is 0.308 e. The van der Waals surface area contributed by atoms with Crippen LogP contribution in [-0.4, -0.2) is 90.1 Å². The number of esters is 5. The summed E-state index contributed by atoms with van der Waals surface area (Å²) in [5, 5.41) is 13.1. The van der Waals surface area contributed by atoms with Crippen molar-refractivity contribution in [1.82, 2.24) is 4.90 Å². The van der Waals surface area contributed by atoms with Crippen LogP contribution in [0.15, 0.2) is 53.6 Å². The average molecular weight is 712 g/mol. The molecule has 2 bridgehead atoms. The zero-order valence-electron chi connectivity index (χ0n) is 31.4. The maximum Gasteiger partial charge on any atom is 0.308 e. The number of hydrogen-bond donors (Lipinski definition) is 1. The number of aliphatic hydroxyl groups is 1. The van der Waals surface area contributed by atoms with Crippen LogP contribution in [0.25, 0.3) is 0 Å². The van der Waals surface area contributed by atoms with Gasteiger partial charge in [0, 0.05) is 56.9 Å². The number of rotatable bonds is 9. The van der Waals surface area contributed by atoms with Gasteiger partial charge < -0.3 is 33.7 Å². The first kappa shape index (κ1) is 39.8. The third kappa shape index (κ3) is 7.62. The molecule has 51 heavy (non-hydrogen) atoms. The number of nitrogens with zero attached hydrogens (tertiary/aromatic N) is 1. The van der Waals surface area contributed by atoms with Gasteiger partial charge in [0.15, 0.2) is 6.10 Å². The highest BCUT2D eigenvalue weighted by molar-refractivity contribution is 5.71. The van der Waals surface area contributed by atoms with Crippen LogP contribution in [0.3, 0.4) is 0 Å². The molecule has 2 saturated carbocycles. The molecule has 2 fully saturated rings. The Labute approximate surface area is 300 Å². The molecule has 0 aromatic heterocycles. The average Bonchev–Trinajstić information content (AvgIpc) is 3.01. The molecule has 0 radical (unpaired) electrons. The van der Waals surface area contributed by atoms with Crippen molar-refractivity contribution >= 4 is 29.8 Å². The predicted octanol–water partition coefficient (Wildman–Crippen LogP) is 4.78. The fraction of sp³-hybridized carbons (Fsp3) is 0.615. The summed E-state index contributed by atoms with van der Waals surface area (Å²) in [6.07, 6.45) is -5.32. The Morgan fingerprint density at radius 2 is 1.39 bits per heavy atom. The minimum atomic E-state index is -1.96. The normalized spacial score (nSPS) is 32.0. The number of carbonyl (C=O) groups excluding carboxylic acids is 5. The Morgan fingerprint density at radius 3 is 1.92 bits per heavy atom. The van der Waals surface area contributed by atoms with Gasteiger partial charge in [0.05, 0.1) is 6.42 Å². The Hall–Kier alpha value is -4.03. The van der Waals surface area contributed by atoms with Crippen molar-refractivity contribution in [3.63, 3.8) is 0 Å². The lowest BCUT2D eigenvalue weighted by Gasteiger charge is -2.63. The van der Waals surface area contributed by atoms with E-state index in [0.29, 0.717) is 16.7 Å². The molecule has 4 rings (SSSR count). The van der Waals surface area contributed by atoms with Gasteiger partial charge >= 0.3 is 29.8 Å². The van der Waals surface area contributed by atoms with E-state index in [2.05, 4.69) is 6.58 Å². The maximum atomic E-state index is 13.7. The Kier molecular flexibility index (Phi) is 11.6. The molecule has 12 heteroatoms. The van der Waals surface area contributed by atoms with Gasteiger partial charge in [-0.2, -0.15) is 0 Å². The highest BCUT2D eigenvalue weighted by Gasteiger charge is 2.69. The number of hydrogen-bond acceptors (Lipinski definition) is 12. The van der Waals surface area contributed by atoms with E-state index < -0.39 is 82.7 Å². The van der Waals surface area contributed by atoms with Crippen LogP contribution in [0.1, 0.15) is 92.7 Å². The predicted molar refractivity (Wildman–Crippen MR) is 186 cm³/mol. The SMILES string of the molecule is C=C1[C@@H](OC(=O)CC(c2ccccc2)N(C)C)CC[C@@]2(C)[C@@H](OC(C)=O)[C@H](OC(C)=O)C3=C(C)[C@@H](OC(C)=O)C[C@@](O)([C@@H](OC(C)=O)[C@H]12)C3(C)C. The molecule has 0 spiro atoms. The van der Waals surface area contributed by atoms with Crippen molar-refractivity contribution in [2.45, 2.75) is 123 Å². The molecule has 1 unspecified atom stereocenters. The zero-order chi connectivity index (χ0) is 38.2. The molecule has 0 amide bonds. The third-order valence-electron chi connectivity index (χ3n) is 11.2. The van der Waals surface area contributed by atoms with Crippen LogP contribution < -0.4 is 0 Å². The lowest BCUT2D eigenvalue weighted by Crippen LogP contribution is -2.71. The molecule has 1 aromatic rings. The van der Waals surface area contributed by atoms with Crippen molar-refractivity contribution in [2.24, 2.45) is 16.7 Å². The maximum absolute atomic E-state index is 13.7. The molecular weight excluding hydrogens is 658 g/mol. The second-order valence-electron chi connectivity index (χ2n) is 15.2. The van der Waals surface area contributed by atoms with Crippen molar-refractivity contribution < 1.29 is 52.8 Å². The summed E-state index contributed by atoms with van der Waals surface area (Å²) in [6, 6.07) is 9.31. The summed E-state index contributed by atoms with van der Waals surface area (Å²) in [5.41, 5.74) is -2.30. The minimum absolute atomic E-state index is 0.0369. The Balaban J connectivity index is 1.91. The summed E-state index contributed by atoms with van der Waals surface area (Å²) in [6.45, 7) is 16.3. The molecule has 9 atom stereocenters. The van der Waals surface area contributed by atoms with Gasteiger partial charge in [-0.3, -0.25) is 24.0 Å². The number of benzene rings is 1. The molecule has 0 saturated heterocycles. The highest BCUT2D eigenvalue weighted by atomic mass is 16.6. The molecule has 1 N–H and O–H groups in total. The van der Waals surface area contributed by atoms with Crippen LogP contribution in [0.4, 0.5) is 0 Å². The van der Waals surface area contributed by atoms with Crippen molar-refractivity contribution in [3.8, 4) is 0 Å². The summed E-state index contributed by atoms with van der Waals surface area (Å²) in [4.78, 5) is 66.7. The van der Waals surface area contributed by atoms with Gasteiger partial charge in [-0.25, -0.2) is 0 Å². The lowest BCUT2D eigenvalue weighted by atomic mass is 9.47. The lowest BCUT2D eigenvalue weighted by molar-refractivity contribution is -0.243. The summed E-state index contributed by atoms with van der Waals surface area (Å²) in [5.74, 6) is -4.13. The van der Waals surface area contributed by atoms with E-state index in [4.69, 9.17) is 23.7 Å². The van der Waals surface area contributed by atoms with Gasteiger partial charge in [0.25, 0.3) is 0 Å². The first-order chi connectivity index (χ1) is 23.6. The first-order valence-electron chi connectivity index (χ1n) is 17.4. The first-order valence-corrected chi connectivity index (χ1v) is 17.4. The van der Waals surface area contributed by atoms with Crippen molar-refractivity contribution in [2.75, 3.05) is 14.1 Å².